The van der Waals surface area contributed by atoms with Gasteiger partial charge in [-0.15, -0.1) is 0 Å². The first-order valence-electron chi connectivity index (χ1n) is 12.3. The summed E-state index contributed by atoms with van der Waals surface area (Å²) in [7, 11) is 0. The average molecular weight is 508 g/mol. The van der Waals surface area contributed by atoms with Gasteiger partial charge in [-0.05, 0) is 56.9 Å². The molecule has 8 heteroatoms. The Labute approximate surface area is 213 Å². The van der Waals surface area contributed by atoms with Crippen LogP contribution in [-0.2, 0) is 9.59 Å². The van der Waals surface area contributed by atoms with E-state index in [2.05, 4.69) is 13.8 Å². The van der Waals surface area contributed by atoms with Crippen LogP contribution in [0.1, 0.15) is 84.6 Å². The molecule has 188 valence electrons. The largest absolute Gasteiger partial charge is 0.490 e. The van der Waals surface area contributed by atoms with E-state index in [1.54, 1.807) is 6.08 Å². The van der Waals surface area contributed by atoms with Gasteiger partial charge < -0.3 is 14.6 Å². The summed E-state index contributed by atoms with van der Waals surface area (Å²) in [5.41, 5.74) is 0.769. The Morgan fingerprint density at radius 1 is 1.12 bits per heavy atom. The number of carboxylic acid groups (broad SMARTS) is 1. The highest BCUT2D eigenvalue weighted by atomic mass is 32.2. The van der Waals surface area contributed by atoms with Gasteiger partial charge >= 0.3 is 5.97 Å². The van der Waals surface area contributed by atoms with Crippen molar-refractivity contribution in [3.05, 3.63) is 28.7 Å². The third kappa shape index (κ3) is 8.01. The Morgan fingerprint density at radius 2 is 1.85 bits per heavy atom. The Bertz CT molecular complexity index is 886. The molecule has 1 aliphatic rings. The number of hydrogen-bond acceptors (Lipinski definition) is 6. The number of thiocarbonyl (C=S) groups is 1. The highest BCUT2D eigenvalue weighted by molar-refractivity contribution is 8.26. The van der Waals surface area contributed by atoms with Crippen LogP contribution >= 0.6 is 24.0 Å². The van der Waals surface area contributed by atoms with Crippen molar-refractivity contribution in [3.63, 3.8) is 0 Å². The van der Waals surface area contributed by atoms with Crippen LogP contribution in [-0.4, -0.2) is 45.0 Å². The summed E-state index contributed by atoms with van der Waals surface area (Å²) in [6.45, 7) is 8.58. The molecule has 1 fully saturated rings. The van der Waals surface area contributed by atoms with Gasteiger partial charge in [0.25, 0.3) is 5.91 Å². The minimum atomic E-state index is -1.04. The van der Waals surface area contributed by atoms with Crippen molar-refractivity contribution in [1.29, 1.82) is 0 Å². The summed E-state index contributed by atoms with van der Waals surface area (Å²) in [6.07, 6.45) is 9.93. The molecular weight excluding hydrogens is 470 g/mol. The topological polar surface area (TPSA) is 76.1 Å². The third-order valence-corrected chi connectivity index (χ3v) is 6.92. The van der Waals surface area contributed by atoms with Crippen molar-refractivity contribution < 1.29 is 24.2 Å². The maximum absolute atomic E-state index is 13.0. The fourth-order valence-electron chi connectivity index (χ4n) is 3.83. The molecule has 34 heavy (non-hydrogen) atoms. The molecule has 0 unspecified atom stereocenters. The summed E-state index contributed by atoms with van der Waals surface area (Å²) >= 11 is 6.46. The van der Waals surface area contributed by atoms with Crippen molar-refractivity contribution in [1.82, 2.24) is 4.90 Å². The van der Waals surface area contributed by atoms with Crippen LogP contribution in [0.25, 0.3) is 6.08 Å². The second-order valence-corrected chi connectivity index (χ2v) is 10.1. The number of carbonyl (C=O) groups excluding carboxylic acids is 1. The third-order valence-electron chi connectivity index (χ3n) is 5.59. The van der Waals surface area contributed by atoms with Crippen molar-refractivity contribution in [3.8, 4) is 11.5 Å². The van der Waals surface area contributed by atoms with Gasteiger partial charge in [0, 0.05) is 0 Å². The zero-order valence-corrected chi connectivity index (χ0v) is 22.3. The smallest absolute Gasteiger partial charge is 0.326 e. The van der Waals surface area contributed by atoms with Gasteiger partial charge in [-0.2, -0.15) is 0 Å². The first-order valence-corrected chi connectivity index (χ1v) is 13.5. The number of rotatable bonds is 15. The number of nitrogens with zero attached hydrogens (tertiary/aromatic N) is 1. The van der Waals surface area contributed by atoms with Crippen LogP contribution in [0.5, 0.6) is 11.5 Å². The molecular formula is C26H37NO5S2. The number of benzene rings is 1. The molecule has 1 heterocycles. The number of unbranched alkanes of at least 4 members (excludes halogenated alkanes) is 4. The van der Waals surface area contributed by atoms with Crippen molar-refractivity contribution in [2.24, 2.45) is 0 Å². The zero-order valence-electron chi connectivity index (χ0n) is 20.7. The average Bonchev–Trinajstić information content (AvgIpc) is 3.06. The maximum Gasteiger partial charge on any atom is 0.326 e. The van der Waals surface area contributed by atoms with Gasteiger partial charge in [0.2, 0.25) is 0 Å². The summed E-state index contributed by atoms with van der Waals surface area (Å²) in [6, 6.07) is 4.64. The second kappa shape index (κ2) is 14.4. The SMILES string of the molecule is CCCCCCC[C@H](C)Oc1ccc(/C=C2/SC(=S)N([C@H](CCC)C(=O)O)C2=O)cc1OCC. The first kappa shape index (κ1) is 28.2. The monoisotopic (exact) mass is 507 g/mol. The second-order valence-electron chi connectivity index (χ2n) is 8.46. The first-order chi connectivity index (χ1) is 16.3. The molecule has 2 atom stereocenters. The molecule has 1 aromatic rings. The fourth-order valence-corrected chi connectivity index (χ4v) is 5.18. The van der Waals surface area contributed by atoms with E-state index in [-0.39, 0.29) is 16.3 Å². The lowest BCUT2D eigenvalue weighted by atomic mass is 10.1. The number of hydrogen-bond donors (Lipinski definition) is 1. The standard InChI is InChI=1S/C26H37NO5S2/c1-5-8-9-10-11-13-18(4)32-21-15-14-19(16-22(21)31-7-3)17-23-24(28)27(26(33)34-23)20(12-6-2)25(29)30/h14-18,20H,5-13H2,1-4H3,(H,29,30)/b23-17+/t18-,20+/m0/s1. The van der Waals surface area contributed by atoms with Crippen LogP contribution in [0.15, 0.2) is 23.1 Å². The molecule has 0 aliphatic carbocycles. The lowest BCUT2D eigenvalue weighted by Crippen LogP contribution is -2.43. The fraction of sp³-hybridized carbons (Fsp3) is 0.577. The molecule has 0 aromatic heterocycles. The van der Waals surface area contributed by atoms with E-state index in [0.717, 1.165) is 30.2 Å². The van der Waals surface area contributed by atoms with Crippen LogP contribution in [0.2, 0.25) is 0 Å². The van der Waals surface area contributed by atoms with Crippen molar-refractivity contribution in [2.75, 3.05) is 6.61 Å². The van der Waals surface area contributed by atoms with Crippen LogP contribution in [0, 0.1) is 0 Å². The molecule has 1 amide bonds. The van der Waals surface area contributed by atoms with E-state index in [1.807, 2.05) is 32.0 Å². The van der Waals surface area contributed by atoms with Gasteiger partial charge in [-0.25, -0.2) is 4.79 Å². The molecule has 1 aliphatic heterocycles. The Balaban J connectivity index is 2.14. The molecule has 0 radical (unpaired) electrons. The predicted octanol–water partition coefficient (Wildman–Crippen LogP) is 6.67. The number of carboxylic acids is 1. The molecule has 1 aromatic carbocycles. The van der Waals surface area contributed by atoms with Crippen LogP contribution < -0.4 is 9.47 Å². The maximum atomic E-state index is 13.0. The summed E-state index contributed by atoms with van der Waals surface area (Å²) < 4.78 is 12.2. The molecule has 2 rings (SSSR count). The summed E-state index contributed by atoms with van der Waals surface area (Å²) in [5.74, 6) is -0.106. The van der Waals surface area contributed by atoms with Gasteiger partial charge in [-0.1, -0.05) is 76.0 Å². The Kier molecular flexibility index (Phi) is 11.9. The number of aliphatic carboxylic acids is 1. The minimum Gasteiger partial charge on any atom is -0.490 e. The highest BCUT2D eigenvalue weighted by Gasteiger charge is 2.40. The molecule has 6 nitrogen and oxygen atoms in total. The van der Waals surface area contributed by atoms with Gasteiger partial charge in [0.05, 0.1) is 17.6 Å². The molecule has 1 N–H and O–H groups in total. The van der Waals surface area contributed by atoms with Crippen molar-refractivity contribution in [2.45, 2.75) is 91.2 Å². The lowest BCUT2D eigenvalue weighted by molar-refractivity contribution is -0.145. The van der Waals surface area contributed by atoms with Gasteiger partial charge in [0.1, 0.15) is 10.4 Å². The normalized spacial score (nSPS) is 16.7. The number of ether oxygens (including phenoxy) is 2. The molecule has 1 saturated heterocycles. The molecule has 0 spiro atoms. The van der Waals surface area contributed by atoms with Crippen molar-refractivity contribution >= 4 is 46.3 Å². The van der Waals surface area contributed by atoms with E-state index in [1.165, 1.54) is 30.6 Å². The highest BCUT2D eigenvalue weighted by Crippen LogP contribution is 2.37. The van der Waals surface area contributed by atoms with E-state index in [9.17, 15) is 14.7 Å². The lowest BCUT2D eigenvalue weighted by Gasteiger charge is -2.22. The Morgan fingerprint density at radius 3 is 2.50 bits per heavy atom. The zero-order chi connectivity index (χ0) is 25.1. The van der Waals surface area contributed by atoms with Gasteiger partial charge in [0.15, 0.2) is 11.5 Å². The van der Waals surface area contributed by atoms with E-state index >= 15 is 0 Å². The quantitative estimate of drug-likeness (QED) is 0.161. The number of amides is 1. The van der Waals surface area contributed by atoms with E-state index in [0.29, 0.717) is 35.9 Å². The van der Waals surface area contributed by atoms with E-state index < -0.39 is 12.0 Å². The number of thioether (sulfide) groups is 1. The van der Waals surface area contributed by atoms with Crippen LogP contribution in [0.4, 0.5) is 0 Å². The molecule has 0 saturated carbocycles. The van der Waals surface area contributed by atoms with E-state index in [4.69, 9.17) is 21.7 Å². The minimum absolute atomic E-state index is 0.0782. The van der Waals surface area contributed by atoms with Crippen LogP contribution in [0.3, 0.4) is 0 Å². The molecule has 0 bridgehead atoms. The Hall–Kier alpha value is -2.06. The predicted molar refractivity (Wildman–Crippen MR) is 142 cm³/mol. The summed E-state index contributed by atoms with van der Waals surface area (Å²) in [5, 5.41) is 9.55. The van der Waals surface area contributed by atoms with Gasteiger partial charge in [-0.3, -0.25) is 9.69 Å². The summed E-state index contributed by atoms with van der Waals surface area (Å²) in [4.78, 5) is 26.3. The number of carbonyl (C=O) groups is 2.